The molecular formula is C26H23NO5. The van der Waals surface area contributed by atoms with Crippen LogP contribution in [-0.2, 0) is 4.79 Å². The molecule has 3 heterocycles. The fourth-order valence-corrected chi connectivity index (χ4v) is 5.57. The number of hydrogen-bond donors (Lipinski definition) is 1. The van der Waals surface area contributed by atoms with Crippen molar-refractivity contribution in [3.8, 4) is 11.5 Å². The highest BCUT2D eigenvalue weighted by molar-refractivity contribution is 6.01. The van der Waals surface area contributed by atoms with Gasteiger partial charge in [0.05, 0.1) is 18.4 Å². The van der Waals surface area contributed by atoms with Crippen LogP contribution in [0.2, 0.25) is 0 Å². The van der Waals surface area contributed by atoms with Gasteiger partial charge in [-0.3, -0.25) is 14.4 Å². The zero-order chi connectivity index (χ0) is 21.9. The van der Waals surface area contributed by atoms with E-state index in [1.807, 2.05) is 30.3 Å². The van der Waals surface area contributed by atoms with Gasteiger partial charge in [-0.2, -0.15) is 0 Å². The maximum absolute atomic E-state index is 13.1. The lowest BCUT2D eigenvalue weighted by molar-refractivity contribution is -0.135. The summed E-state index contributed by atoms with van der Waals surface area (Å²) < 4.78 is 12.2. The second kappa shape index (κ2) is 7.05. The first-order valence-electron chi connectivity index (χ1n) is 11.2. The van der Waals surface area contributed by atoms with E-state index in [4.69, 9.17) is 9.47 Å². The molecule has 32 heavy (non-hydrogen) atoms. The van der Waals surface area contributed by atoms with Crippen LogP contribution in [0, 0.1) is 0 Å². The van der Waals surface area contributed by atoms with Gasteiger partial charge >= 0.3 is 5.97 Å². The zero-order valence-electron chi connectivity index (χ0n) is 17.6. The number of carbonyl (C=O) groups is 2. The van der Waals surface area contributed by atoms with E-state index < -0.39 is 17.5 Å². The predicted octanol–water partition coefficient (Wildman–Crippen LogP) is 4.64. The molecule has 0 bridgehead atoms. The molecule has 162 valence electrons. The molecule has 1 saturated carbocycles. The molecular weight excluding hydrogens is 406 g/mol. The highest BCUT2D eigenvalue weighted by atomic mass is 16.5. The Morgan fingerprint density at radius 2 is 1.78 bits per heavy atom. The molecule has 3 aliphatic rings. The van der Waals surface area contributed by atoms with Crippen LogP contribution in [0.1, 0.15) is 72.3 Å². The number of carbonyl (C=O) groups excluding carboxylic acids is 2. The van der Waals surface area contributed by atoms with Crippen LogP contribution in [0.25, 0.3) is 10.9 Å². The van der Waals surface area contributed by atoms with Gasteiger partial charge in [-0.05, 0) is 55.3 Å². The van der Waals surface area contributed by atoms with Crippen LogP contribution in [0.15, 0.2) is 47.3 Å². The Balaban J connectivity index is 1.55. The molecule has 1 aromatic heterocycles. The van der Waals surface area contributed by atoms with Crippen molar-refractivity contribution in [1.29, 1.82) is 0 Å². The third-order valence-electron chi connectivity index (χ3n) is 7.12. The van der Waals surface area contributed by atoms with E-state index in [0.29, 0.717) is 34.6 Å². The number of ketones is 1. The Morgan fingerprint density at radius 1 is 0.969 bits per heavy atom. The van der Waals surface area contributed by atoms with Gasteiger partial charge in [0, 0.05) is 22.6 Å². The number of aromatic amines is 1. The predicted molar refractivity (Wildman–Crippen MR) is 118 cm³/mol. The lowest BCUT2D eigenvalue weighted by Gasteiger charge is -2.42. The monoisotopic (exact) mass is 429 g/mol. The minimum absolute atomic E-state index is 0.0232. The highest BCUT2D eigenvalue weighted by Crippen LogP contribution is 2.50. The van der Waals surface area contributed by atoms with Crippen LogP contribution in [0.3, 0.4) is 0 Å². The first-order valence-corrected chi connectivity index (χ1v) is 11.2. The molecule has 0 saturated heterocycles. The topological polar surface area (TPSA) is 85.5 Å². The molecule has 6 nitrogen and oxygen atoms in total. The molecule has 1 aliphatic carbocycles. The number of hydrogen-bond acceptors (Lipinski definition) is 5. The van der Waals surface area contributed by atoms with Gasteiger partial charge in [0.15, 0.2) is 5.78 Å². The lowest BCUT2D eigenvalue weighted by Crippen LogP contribution is -2.44. The Bertz CT molecular complexity index is 1330. The molecule has 1 fully saturated rings. The quantitative estimate of drug-likeness (QED) is 0.450. The number of rotatable bonds is 1. The number of nitrogens with one attached hydrogen (secondary N) is 1. The zero-order valence-corrected chi connectivity index (χ0v) is 17.6. The minimum Gasteiger partial charge on any atom is -0.486 e. The van der Waals surface area contributed by atoms with Gasteiger partial charge in [0.2, 0.25) is 0 Å². The van der Waals surface area contributed by atoms with Gasteiger partial charge in [0.1, 0.15) is 17.1 Å². The van der Waals surface area contributed by atoms with Crippen molar-refractivity contribution in [2.75, 3.05) is 0 Å². The van der Waals surface area contributed by atoms with E-state index in [9.17, 15) is 14.4 Å². The Labute approximate surface area is 184 Å². The van der Waals surface area contributed by atoms with Crippen molar-refractivity contribution >= 4 is 22.7 Å². The summed E-state index contributed by atoms with van der Waals surface area (Å²) in [6, 6.07) is 12.7. The molecule has 6 rings (SSSR count). The van der Waals surface area contributed by atoms with Crippen molar-refractivity contribution in [1.82, 2.24) is 4.98 Å². The van der Waals surface area contributed by atoms with E-state index in [1.165, 1.54) is 0 Å². The Hall–Kier alpha value is -3.41. The number of pyridine rings is 1. The molecule has 2 aromatic carbocycles. The summed E-state index contributed by atoms with van der Waals surface area (Å²) in [4.78, 5) is 41.6. The van der Waals surface area contributed by atoms with Crippen molar-refractivity contribution in [2.24, 2.45) is 0 Å². The maximum atomic E-state index is 13.1. The SMILES string of the molecule is O=C1C[C@@H](c2cc3ccccc3[nH]c2=O)c2c(ccc3c2OC2(CCCCC2)CC3=O)O1. The third kappa shape index (κ3) is 2.97. The van der Waals surface area contributed by atoms with Crippen molar-refractivity contribution in [2.45, 2.75) is 56.5 Å². The van der Waals surface area contributed by atoms with Gasteiger partial charge in [0.25, 0.3) is 5.56 Å². The summed E-state index contributed by atoms with van der Waals surface area (Å²) in [5.74, 6) is -0.0198. The van der Waals surface area contributed by atoms with E-state index >= 15 is 0 Å². The Kier molecular flexibility index (Phi) is 4.25. The van der Waals surface area contributed by atoms with E-state index in [2.05, 4.69) is 4.98 Å². The van der Waals surface area contributed by atoms with Crippen molar-refractivity contribution in [3.63, 3.8) is 0 Å². The number of ether oxygens (including phenoxy) is 2. The standard InChI is InChI=1S/C26H23NO5/c28-20-14-26(10-4-1-5-11-26)32-24-16(20)8-9-21-23(24)17(13-22(29)31-21)18-12-15-6-2-3-7-19(15)27-25(18)30/h2-3,6-9,12,17H,1,4-5,10-11,13-14H2,(H,27,30)/t17-/m0/s1. The van der Waals surface area contributed by atoms with Crippen molar-refractivity contribution < 1.29 is 19.1 Å². The average molecular weight is 429 g/mol. The molecule has 0 unspecified atom stereocenters. The number of esters is 1. The summed E-state index contributed by atoms with van der Waals surface area (Å²) in [6.45, 7) is 0. The normalized spacial score (nSPS) is 21.6. The molecule has 0 radical (unpaired) electrons. The van der Waals surface area contributed by atoms with E-state index in [1.54, 1.807) is 12.1 Å². The number of fused-ring (bicyclic) bond motifs is 4. The number of H-pyrrole nitrogens is 1. The molecule has 3 aromatic rings. The lowest BCUT2D eigenvalue weighted by atomic mass is 9.76. The minimum atomic E-state index is -0.541. The van der Waals surface area contributed by atoms with Crippen LogP contribution in [0.4, 0.5) is 0 Å². The van der Waals surface area contributed by atoms with Crippen LogP contribution in [0.5, 0.6) is 11.5 Å². The summed E-state index contributed by atoms with van der Waals surface area (Å²) in [7, 11) is 0. The van der Waals surface area contributed by atoms with E-state index in [0.717, 1.165) is 43.0 Å². The first-order chi connectivity index (χ1) is 15.5. The first kappa shape index (κ1) is 19.3. The van der Waals surface area contributed by atoms with Gasteiger partial charge in [-0.25, -0.2) is 0 Å². The highest BCUT2D eigenvalue weighted by Gasteiger charge is 2.45. The molecule has 6 heteroatoms. The molecule has 1 atom stereocenters. The Morgan fingerprint density at radius 3 is 2.62 bits per heavy atom. The average Bonchev–Trinajstić information content (AvgIpc) is 2.78. The summed E-state index contributed by atoms with van der Waals surface area (Å²) >= 11 is 0. The summed E-state index contributed by atoms with van der Waals surface area (Å²) in [5.41, 5.74) is 1.62. The largest absolute Gasteiger partial charge is 0.486 e. The molecule has 1 spiro atoms. The number of benzene rings is 2. The number of aromatic nitrogens is 1. The number of para-hydroxylation sites is 1. The number of Topliss-reactive ketones (excluding diaryl/α,β-unsaturated/α-hetero) is 1. The fraction of sp³-hybridized carbons (Fsp3) is 0.346. The van der Waals surface area contributed by atoms with Crippen molar-refractivity contribution in [3.05, 3.63) is 69.5 Å². The fourth-order valence-electron chi connectivity index (χ4n) is 5.57. The smallest absolute Gasteiger partial charge is 0.312 e. The maximum Gasteiger partial charge on any atom is 0.312 e. The van der Waals surface area contributed by atoms with E-state index in [-0.39, 0.29) is 17.8 Å². The van der Waals surface area contributed by atoms with Gasteiger partial charge in [-0.1, -0.05) is 24.6 Å². The molecule has 1 N–H and O–H groups in total. The van der Waals surface area contributed by atoms with Crippen LogP contribution in [-0.4, -0.2) is 22.3 Å². The molecule has 2 aliphatic heterocycles. The second-order valence-corrected chi connectivity index (χ2v) is 9.17. The van der Waals surface area contributed by atoms with Crippen LogP contribution >= 0.6 is 0 Å². The molecule has 0 amide bonds. The van der Waals surface area contributed by atoms with Crippen LogP contribution < -0.4 is 15.0 Å². The third-order valence-corrected chi connectivity index (χ3v) is 7.12. The summed E-state index contributed by atoms with van der Waals surface area (Å²) in [5, 5.41) is 0.883. The summed E-state index contributed by atoms with van der Waals surface area (Å²) in [6.07, 6.45) is 5.27. The second-order valence-electron chi connectivity index (χ2n) is 9.17. The van der Waals surface area contributed by atoms with Gasteiger partial charge in [-0.15, -0.1) is 0 Å². The van der Waals surface area contributed by atoms with Gasteiger partial charge < -0.3 is 14.5 Å².